The summed E-state index contributed by atoms with van der Waals surface area (Å²) in [5, 5.41) is 3.29. The standard InChI is InChI=1S/C19H22N2O3/c22-19(21-10-13-23-14-11-21)16-5-4-6-17(15-16)20-9-12-24-18-7-2-1-3-8-18/h1-8,15,20H,9-14H2. The van der Waals surface area contributed by atoms with Gasteiger partial charge >= 0.3 is 0 Å². The van der Waals surface area contributed by atoms with Crippen molar-refractivity contribution >= 4 is 11.6 Å². The van der Waals surface area contributed by atoms with Crippen LogP contribution in [0.5, 0.6) is 5.75 Å². The normalized spacial score (nSPS) is 14.2. The van der Waals surface area contributed by atoms with Crippen LogP contribution in [0.3, 0.4) is 0 Å². The molecule has 3 rings (SSSR count). The van der Waals surface area contributed by atoms with E-state index >= 15 is 0 Å². The van der Waals surface area contributed by atoms with Crippen LogP contribution in [0.2, 0.25) is 0 Å². The van der Waals surface area contributed by atoms with Crippen LogP contribution in [-0.2, 0) is 4.74 Å². The zero-order valence-corrected chi connectivity index (χ0v) is 13.6. The summed E-state index contributed by atoms with van der Waals surface area (Å²) in [4.78, 5) is 14.3. The Labute approximate surface area is 142 Å². The Hall–Kier alpha value is -2.53. The third-order valence-corrected chi connectivity index (χ3v) is 3.85. The van der Waals surface area contributed by atoms with Crippen molar-refractivity contribution in [3.8, 4) is 5.75 Å². The number of carbonyl (C=O) groups excluding carboxylic acids is 1. The van der Waals surface area contributed by atoms with Crippen molar-refractivity contribution in [2.24, 2.45) is 0 Å². The topological polar surface area (TPSA) is 50.8 Å². The highest BCUT2D eigenvalue weighted by atomic mass is 16.5. The minimum Gasteiger partial charge on any atom is -0.492 e. The average molecular weight is 326 g/mol. The zero-order valence-electron chi connectivity index (χ0n) is 13.6. The number of carbonyl (C=O) groups is 1. The summed E-state index contributed by atoms with van der Waals surface area (Å²) in [6.45, 7) is 3.76. The van der Waals surface area contributed by atoms with Crippen LogP contribution < -0.4 is 10.1 Å². The van der Waals surface area contributed by atoms with Gasteiger partial charge in [0.15, 0.2) is 0 Å². The fourth-order valence-electron chi connectivity index (χ4n) is 2.59. The molecule has 0 atom stereocenters. The Balaban J connectivity index is 1.50. The quantitative estimate of drug-likeness (QED) is 0.829. The van der Waals surface area contributed by atoms with Crippen molar-refractivity contribution in [3.63, 3.8) is 0 Å². The minimum absolute atomic E-state index is 0.0579. The molecule has 0 radical (unpaired) electrons. The van der Waals surface area contributed by atoms with E-state index < -0.39 is 0 Å². The highest BCUT2D eigenvalue weighted by molar-refractivity contribution is 5.95. The summed E-state index contributed by atoms with van der Waals surface area (Å²) >= 11 is 0. The number of nitrogens with zero attached hydrogens (tertiary/aromatic N) is 1. The summed E-state index contributed by atoms with van der Waals surface area (Å²) in [6.07, 6.45) is 0. The predicted molar refractivity (Wildman–Crippen MR) is 93.6 cm³/mol. The Morgan fingerprint density at radius 2 is 1.88 bits per heavy atom. The fourth-order valence-corrected chi connectivity index (χ4v) is 2.59. The molecule has 1 fully saturated rings. The molecule has 1 saturated heterocycles. The van der Waals surface area contributed by atoms with Gasteiger partial charge in [-0.2, -0.15) is 0 Å². The van der Waals surface area contributed by atoms with Gasteiger partial charge in [0, 0.05) is 30.9 Å². The van der Waals surface area contributed by atoms with Crippen LogP contribution in [0, 0.1) is 0 Å². The molecule has 2 aromatic carbocycles. The number of morpholine rings is 1. The summed E-state index contributed by atoms with van der Waals surface area (Å²) in [5.74, 6) is 0.915. The molecule has 0 saturated carbocycles. The lowest BCUT2D eigenvalue weighted by molar-refractivity contribution is 0.0303. The van der Waals surface area contributed by atoms with Crippen LogP contribution in [0.15, 0.2) is 54.6 Å². The number of amides is 1. The van der Waals surface area contributed by atoms with E-state index in [1.165, 1.54) is 0 Å². The van der Waals surface area contributed by atoms with E-state index in [2.05, 4.69) is 5.32 Å². The minimum atomic E-state index is 0.0579. The lowest BCUT2D eigenvalue weighted by Gasteiger charge is -2.27. The second-order valence-electron chi connectivity index (χ2n) is 5.57. The largest absolute Gasteiger partial charge is 0.492 e. The third kappa shape index (κ3) is 4.49. The molecular weight excluding hydrogens is 304 g/mol. The molecule has 24 heavy (non-hydrogen) atoms. The maximum Gasteiger partial charge on any atom is 0.254 e. The number of benzene rings is 2. The van der Waals surface area contributed by atoms with Crippen LogP contribution in [-0.4, -0.2) is 50.3 Å². The molecule has 5 nitrogen and oxygen atoms in total. The third-order valence-electron chi connectivity index (χ3n) is 3.85. The summed E-state index contributed by atoms with van der Waals surface area (Å²) in [6, 6.07) is 17.3. The van der Waals surface area contributed by atoms with Gasteiger partial charge in [-0.3, -0.25) is 4.79 Å². The Morgan fingerprint density at radius 1 is 1.08 bits per heavy atom. The Bertz CT molecular complexity index is 655. The van der Waals surface area contributed by atoms with Gasteiger partial charge in [0.1, 0.15) is 12.4 Å². The smallest absolute Gasteiger partial charge is 0.254 e. The molecule has 1 aliphatic rings. The monoisotopic (exact) mass is 326 g/mol. The number of para-hydroxylation sites is 1. The summed E-state index contributed by atoms with van der Waals surface area (Å²) < 4.78 is 10.9. The van der Waals surface area contributed by atoms with E-state index in [9.17, 15) is 4.79 Å². The molecule has 1 heterocycles. The van der Waals surface area contributed by atoms with E-state index in [0.29, 0.717) is 45.0 Å². The first-order valence-corrected chi connectivity index (χ1v) is 8.22. The van der Waals surface area contributed by atoms with Crippen molar-refractivity contribution in [2.45, 2.75) is 0 Å². The zero-order chi connectivity index (χ0) is 16.6. The number of hydrogen-bond donors (Lipinski definition) is 1. The van der Waals surface area contributed by atoms with E-state index in [1.54, 1.807) is 0 Å². The summed E-state index contributed by atoms with van der Waals surface area (Å²) in [7, 11) is 0. The Morgan fingerprint density at radius 3 is 2.67 bits per heavy atom. The molecule has 0 aliphatic carbocycles. The van der Waals surface area contributed by atoms with Gasteiger partial charge in [0.05, 0.1) is 13.2 Å². The molecule has 1 N–H and O–H groups in total. The lowest BCUT2D eigenvalue weighted by Crippen LogP contribution is -2.40. The van der Waals surface area contributed by atoms with E-state index in [0.717, 1.165) is 11.4 Å². The molecule has 0 bridgehead atoms. The maximum atomic E-state index is 12.5. The first-order valence-electron chi connectivity index (χ1n) is 8.22. The molecule has 0 spiro atoms. The van der Waals surface area contributed by atoms with Crippen molar-refractivity contribution in [2.75, 3.05) is 44.8 Å². The average Bonchev–Trinajstić information content (AvgIpc) is 2.66. The number of hydrogen-bond acceptors (Lipinski definition) is 4. The van der Waals surface area contributed by atoms with E-state index in [4.69, 9.17) is 9.47 Å². The molecule has 126 valence electrons. The van der Waals surface area contributed by atoms with Gasteiger partial charge < -0.3 is 19.7 Å². The highest BCUT2D eigenvalue weighted by Crippen LogP contribution is 2.14. The second-order valence-corrected chi connectivity index (χ2v) is 5.57. The number of anilines is 1. The molecule has 2 aromatic rings. The predicted octanol–water partition coefficient (Wildman–Crippen LogP) is 2.65. The highest BCUT2D eigenvalue weighted by Gasteiger charge is 2.18. The first kappa shape index (κ1) is 16.3. The molecule has 1 aliphatic heterocycles. The Kier molecular flexibility index (Phi) is 5.69. The molecule has 5 heteroatoms. The number of nitrogens with one attached hydrogen (secondary N) is 1. The van der Waals surface area contributed by atoms with Gasteiger partial charge in [0.2, 0.25) is 0 Å². The van der Waals surface area contributed by atoms with E-state index in [-0.39, 0.29) is 5.91 Å². The maximum absolute atomic E-state index is 12.5. The fraction of sp³-hybridized carbons (Fsp3) is 0.316. The van der Waals surface area contributed by atoms with Crippen LogP contribution >= 0.6 is 0 Å². The molecule has 1 amide bonds. The summed E-state index contributed by atoms with van der Waals surface area (Å²) in [5.41, 5.74) is 1.62. The van der Waals surface area contributed by atoms with Crippen LogP contribution in [0.4, 0.5) is 5.69 Å². The SMILES string of the molecule is O=C(c1cccc(NCCOc2ccccc2)c1)N1CCOCC1. The number of ether oxygens (including phenoxy) is 2. The van der Waals surface area contributed by atoms with Gasteiger partial charge in [-0.25, -0.2) is 0 Å². The second kappa shape index (κ2) is 8.36. The van der Waals surface area contributed by atoms with Crippen LogP contribution in [0.25, 0.3) is 0 Å². The van der Waals surface area contributed by atoms with Crippen molar-refractivity contribution in [3.05, 3.63) is 60.2 Å². The lowest BCUT2D eigenvalue weighted by atomic mass is 10.1. The van der Waals surface area contributed by atoms with Crippen molar-refractivity contribution < 1.29 is 14.3 Å². The van der Waals surface area contributed by atoms with Crippen molar-refractivity contribution in [1.29, 1.82) is 0 Å². The first-order chi connectivity index (χ1) is 11.8. The van der Waals surface area contributed by atoms with Gasteiger partial charge in [-0.05, 0) is 30.3 Å². The van der Waals surface area contributed by atoms with Gasteiger partial charge in [-0.1, -0.05) is 24.3 Å². The molecule has 0 unspecified atom stereocenters. The van der Waals surface area contributed by atoms with Crippen LogP contribution in [0.1, 0.15) is 10.4 Å². The van der Waals surface area contributed by atoms with Crippen molar-refractivity contribution in [1.82, 2.24) is 4.90 Å². The number of rotatable bonds is 6. The van der Waals surface area contributed by atoms with Gasteiger partial charge in [0.25, 0.3) is 5.91 Å². The van der Waals surface area contributed by atoms with Gasteiger partial charge in [-0.15, -0.1) is 0 Å². The van der Waals surface area contributed by atoms with E-state index in [1.807, 2.05) is 59.5 Å². The molecule has 0 aromatic heterocycles. The molecular formula is C19H22N2O3.